The van der Waals surface area contributed by atoms with Crippen LogP contribution in [0, 0.1) is 0 Å². The molecule has 1 aliphatic rings. The van der Waals surface area contributed by atoms with Gasteiger partial charge in [0.05, 0.1) is 6.61 Å². The SMILES string of the molecule is O.O.O=C1O[C@H]([C@@H](O)CO)C(O)=C1O. The fraction of sp³-hybridized carbons (Fsp3) is 0.500. The average Bonchev–Trinajstić information content (AvgIpc) is 2.32. The molecule has 0 saturated heterocycles. The first-order chi connectivity index (χ1) is 5.57. The summed E-state index contributed by atoms with van der Waals surface area (Å²) < 4.78 is 4.32. The standard InChI is InChI=1S/C6H8O6.2H2O/c7-1-2(8)5-3(9)4(10)6(11)12-5;;/h2,5,7-10H,1H2;2*1H2/t2-,5+;;/m0../s1. The van der Waals surface area contributed by atoms with Crippen LogP contribution < -0.4 is 0 Å². The van der Waals surface area contributed by atoms with Crippen LogP contribution in [-0.4, -0.2) is 56.2 Å². The van der Waals surface area contributed by atoms with Gasteiger partial charge < -0.3 is 36.1 Å². The summed E-state index contributed by atoms with van der Waals surface area (Å²) in [6.45, 7) is -0.671. The van der Waals surface area contributed by atoms with Crippen LogP contribution in [0.25, 0.3) is 0 Å². The van der Waals surface area contributed by atoms with E-state index in [0.717, 1.165) is 0 Å². The molecule has 1 rings (SSSR count). The van der Waals surface area contributed by atoms with Crippen molar-refractivity contribution in [3.63, 3.8) is 0 Å². The third-order valence-electron chi connectivity index (χ3n) is 1.48. The van der Waals surface area contributed by atoms with Gasteiger partial charge in [0.25, 0.3) is 0 Å². The van der Waals surface area contributed by atoms with Gasteiger partial charge in [-0.3, -0.25) is 0 Å². The molecule has 0 fully saturated rings. The molecule has 1 aliphatic heterocycles. The lowest BCUT2D eigenvalue weighted by Gasteiger charge is -2.13. The molecule has 0 saturated carbocycles. The molecule has 0 spiro atoms. The smallest absolute Gasteiger partial charge is 0.377 e. The minimum Gasteiger partial charge on any atom is -0.505 e. The van der Waals surface area contributed by atoms with Gasteiger partial charge in [-0.2, -0.15) is 0 Å². The van der Waals surface area contributed by atoms with E-state index in [0.29, 0.717) is 0 Å². The average molecular weight is 212 g/mol. The lowest BCUT2D eigenvalue weighted by atomic mass is 10.2. The minimum absolute atomic E-state index is 0. The predicted molar refractivity (Wildman–Crippen MR) is 42.5 cm³/mol. The number of esters is 1. The van der Waals surface area contributed by atoms with Crippen molar-refractivity contribution in [2.45, 2.75) is 12.2 Å². The molecule has 0 bridgehead atoms. The number of cyclic esters (lactones) is 1. The molecule has 8 nitrogen and oxygen atoms in total. The van der Waals surface area contributed by atoms with Crippen LogP contribution in [0.5, 0.6) is 0 Å². The molecule has 8 N–H and O–H groups in total. The molecule has 0 aromatic heterocycles. The molecule has 0 aromatic rings. The third-order valence-corrected chi connectivity index (χ3v) is 1.48. The monoisotopic (exact) mass is 212 g/mol. The highest BCUT2D eigenvalue weighted by Gasteiger charge is 2.38. The second kappa shape index (κ2) is 5.40. The number of hydrogen-bond acceptors (Lipinski definition) is 6. The van der Waals surface area contributed by atoms with E-state index in [1.54, 1.807) is 0 Å². The topological polar surface area (TPSA) is 170 Å². The van der Waals surface area contributed by atoms with E-state index in [1.165, 1.54) is 0 Å². The maximum absolute atomic E-state index is 10.5. The van der Waals surface area contributed by atoms with Gasteiger partial charge in [-0.25, -0.2) is 4.79 Å². The van der Waals surface area contributed by atoms with E-state index in [-0.39, 0.29) is 11.0 Å². The Kier molecular flexibility index (Phi) is 5.83. The Hall–Kier alpha value is -1.35. The van der Waals surface area contributed by atoms with Crippen molar-refractivity contribution in [1.82, 2.24) is 0 Å². The van der Waals surface area contributed by atoms with E-state index < -0.39 is 36.3 Å². The molecule has 2 atom stereocenters. The van der Waals surface area contributed by atoms with Gasteiger partial charge in [-0.15, -0.1) is 0 Å². The first-order valence-electron chi connectivity index (χ1n) is 3.20. The van der Waals surface area contributed by atoms with Crippen molar-refractivity contribution in [2.75, 3.05) is 6.61 Å². The largest absolute Gasteiger partial charge is 0.505 e. The zero-order valence-electron chi connectivity index (χ0n) is 6.97. The van der Waals surface area contributed by atoms with Gasteiger partial charge in [0.1, 0.15) is 6.10 Å². The predicted octanol–water partition coefficient (Wildman–Crippen LogP) is -3.06. The summed E-state index contributed by atoms with van der Waals surface area (Å²) in [7, 11) is 0. The number of carbonyl (C=O) groups is 1. The Morgan fingerprint density at radius 2 is 1.86 bits per heavy atom. The quantitative estimate of drug-likeness (QED) is 0.354. The summed E-state index contributed by atoms with van der Waals surface area (Å²) in [6.07, 6.45) is -2.78. The van der Waals surface area contributed by atoms with E-state index in [9.17, 15) is 4.79 Å². The van der Waals surface area contributed by atoms with E-state index in [2.05, 4.69) is 4.74 Å². The number of rotatable bonds is 2. The number of carbonyl (C=O) groups excluding carboxylic acids is 1. The number of ether oxygens (including phenoxy) is 1. The van der Waals surface area contributed by atoms with Crippen LogP contribution in [-0.2, 0) is 9.53 Å². The van der Waals surface area contributed by atoms with Crippen LogP contribution in [0.1, 0.15) is 0 Å². The molecule has 1 heterocycles. The summed E-state index contributed by atoms with van der Waals surface area (Å²) in [4.78, 5) is 10.5. The van der Waals surface area contributed by atoms with E-state index in [4.69, 9.17) is 20.4 Å². The Labute approximate surface area is 78.3 Å². The van der Waals surface area contributed by atoms with Gasteiger partial charge in [0.15, 0.2) is 11.9 Å². The van der Waals surface area contributed by atoms with Gasteiger partial charge in [-0.1, -0.05) is 0 Å². The van der Waals surface area contributed by atoms with Crippen molar-refractivity contribution in [3.05, 3.63) is 11.5 Å². The maximum Gasteiger partial charge on any atom is 0.377 e. The Morgan fingerprint density at radius 3 is 2.14 bits per heavy atom. The van der Waals surface area contributed by atoms with Crippen molar-refractivity contribution >= 4 is 5.97 Å². The highest BCUT2D eigenvalue weighted by Crippen LogP contribution is 2.20. The van der Waals surface area contributed by atoms with Gasteiger partial charge in [0.2, 0.25) is 5.76 Å². The molecule has 0 aliphatic carbocycles. The van der Waals surface area contributed by atoms with Crippen LogP contribution in [0.4, 0.5) is 0 Å². The fourth-order valence-electron chi connectivity index (χ4n) is 0.823. The van der Waals surface area contributed by atoms with Gasteiger partial charge in [0, 0.05) is 0 Å². The summed E-state index contributed by atoms with van der Waals surface area (Å²) in [5, 5.41) is 35.0. The molecule has 84 valence electrons. The molecule has 8 heteroatoms. The molecule has 0 aromatic carbocycles. The molecule has 0 radical (unpaired) electrons. The second-order valence-electron chi connectivity index (χ2n) is 2.31. The summed E-state index contributed by atoms with van der Waals surface area (Å²) in [5.41, 5.74) is 0. The first kappa shape index (κ1) is 15.1. The molecular formula is C6H12O8. The third kappa shape index (κ3) is 2.33. The van der Waals surface area contributed by atoms with Crippen molar-refractivity contribution in [3.8, 4) is 0 Å². The zero-order chi connectivity index (χ0) is 9.30. The highest BCUT2D eigenvalue weighted by atomic mass is 16.6. The number of hydrogen-bond donors (Lipinski definition) is 4. The molecular weight excluding hydrogens is 200 g/mol. The highest BCUT2D eigenvalue weighted by molar-refractivity contribution is 5.89. The first-order valence-corrected chi connectivity index (χ1v) is 3.20. The summed E-state index contributed by atoms with van der Waals surface area (Å²) in [6, 6.07) is 0. The van der Waals surface area contributed by atoms with Crippen LogP contribution in [0.15, 0.2) is 11.5 Å². The number of aliphatic hydroxyl groups is 4. The Bertz CT molecular complexity index is 234. The minimum atomic E-state index is -1.42. The van der Waals surface area contributed by atoms with Crippen LogP contribution >= 0.6 is 0 Å². The second-order valence-corrected chi connectivity index (χ2v) is 2.31. The zero-order valence-corrected chi connectivity index (χ0v) is 6.97. The van der Waals surface area contributed by atoms with Crippen molar-refractivity contribution in [1.29, 1.82) is 0 Å². The normalized spacial score (nSPS) is 22.1. The Balaban J connectivity index is 0. The summed E-state index contributed by atoms with van der Waals surface area (Å²) in [5.74, 6) is -2.78. The summed E-state index contributed by atoms with van der Waals surface area (Å²) >= 11 is 0. The molecule has 0 unspecified atom stereocenters. The van der Waals surface area contributed by atoms with Crippen molar-refractivity contribution in [2.24, 2.45) is 0 Å². The van der Waals surface area contributed by atoms with Gasteiger partial charge in [-0.05, 0) is 0 Å². The van der Waals surface area contributed by atoms with E-state index >= 15 is 0 Å². The van der Waals surface area contributed by atoms with Gasteiger partial charge >= 0.3 is 5.97 Å². The van der Waals surface area contributed by atoms with Crippen LogP contribution in [0.2, 0.25) is 0 Å². The lowest BCUT2D eigenvalue weighted by Crippen LogP contribution is -2.31. The molecule has 14 heavy (non-hydrogen) atoms. The maximum atomic E-state index is 10.5. The van der Waals surface area contributed by atoms with Crippen molar-refractivity contribution < 1.29 is 40.9 Å². The van der Waals surface area contributed by atoms with Crippen LogP contribution in [0.3, 0.4) is 0 Å². The lowest BCUT2D eigenvalue weighted by molar-refractivity contribution is -0.147. The van der Waals surface area contributed by atoms with E-state index in [1.807, 2.05) is 0 Å². The molecule has 0 amide bonds. The number of aliphatic hydroxyl groups excluding tert-OH is 4. The fourth-order valence-corrected chi connectivity index (χ4v) is 0.823. The Morgan fingerprint density at radius 1 is 1.36 bits per heavy atom.